The number of hydrogen-bond acceptors (Lipinski definition) is 4. The van der Waals surface area contributed by atoms with Gasteiger partial charge < -0.3 is 0 Å². The summed E-state index contributed by atoms with van der Waals surface area (Å²) in [6.07, 6.45) is 5.59. The first-order valence-corrected chi connectivity index (χ1v) is 7.61. The number of nitrogens with zero attached hydrogens (tertiary/aromatic N) is 2. The molecule has 0 heterocycles. The molecule has 0 aliphatic carbocycles. The molecule has 0 saturated carbocycles. The molecular weight excluding hydrogens is 288 g/mol. The van der Waals surface area contributed by atoms with Gasteiger partial charge in [0.25, 0.3) is 0 Å². The van der Waals surface area contributed by atoms with Crippen LogP contribution in [0.4, 0.5) is 11.4 Å². The van der Waals surface area contributed by atoms with E-state index in [1.807, 2.05) is 12.1 Å². The maximum absolute atomic E-state index is 10.6. The molecule has 0 radical (unpaired) electrons. The van der Waals surface area contributed by atoms with Crippen LogP contribution in [0.2, 0.25) is 0 Å². The number of benzene rings is 2. The minimum Gasteiger partial charge on any atom is -0.211 e. The van der Waals surface area contributed by atoms with Crippen molar-refractivity contribution in [1.82, 2.24) is 0 Å². The van der Waals surface area contributed by atoms with Gasteiger partial charge in [0.15, 0.2) is 0 Å². The third-order valence-corrected chi connectivity index (χ3v) is 3.77. The lowest BCUT2D eigenvalue weighted by atomic mass is 9.95. The minimum absolute atomic E-state index is 0.600. The SMILES string of the molecule is CCc1cc(Cc2ccc(N=C=O)cc2)cc(CC)c1N=C=O. The predicted octanol–water partition coefficient (Wildman–Crippen LogP) is 4.34. The lowest BCUT2D eigenvalue weighted by Crippen LogP contribution is -1.95. The second-order valence-corrected chi connectivity index (χ2v) is 5.22. The molecule has 0 saturated heterocycles. The molecule has 2 aromatic carbocycles. The van der Waals surface area contributed by atoms with Gasteiger partial charge in [-0.15, -0.1) is 0 Å². The van der Waals surface area contributed by atoms with Crippen LogP contribution in [-0.2, 0) is 28.9 Å². The highest BCUT2D eigenvalue weighted by molar-refractivity contribution is 5.60. The molecule has 0 aliphatic heterocycles. The quantitative estimate of drug-likeness (QED) is 0.589. The highest BCUT2D eigenvalue weighted by Crippen LogP contribution is 2.28. The van der Waals surface area contributed by atoms with Crippen LogP contribution in [0.25, 0.3) is 0 Å². The van der Waals surface area contributed by atoms with Gasteiger partial charge in [0, 0.05) is 0 Å². The van der Waals surface area contributed by atoms with Gasteiger partial charge in [0.05, 0.1) is 11.4 Å². The lowest BCUT2D eigenvalue weighted by molar-refractivity contribution is 0.564. The molecule has 2 rings (SSSR count). The largest absolute Gasteiger partial charge is 0.240 e. The number of rotatable bonds is 6. The van der Waals surface area contributed by atoms with Crippen LogP contribution >= 0.6 is 0 Å². The van der Waals surface area contributed by atoms with Crippen molar-refractivity contribution in [3.8, 4) is 0 Å². The first-order chi connectivity index (χ1) is 11.2. The van der Waals surface area contributed by atoms with Crippen molar-refractivity contribution in [2.75, 3.05) is 0 Å². The molecule has 0 aliphatic rings. The fourth-order valence-electron chi connectivity index (χ4n) is 2.64. The van der Waals surface area contributed by atoms with Crippen LogP contribution in [0.3, 0.4) is 0 Å². The maximum atomic E-state index is 10.6. The van der Waals surface area contributed by atoms with E-state index in [9.17, 15) is 9.59 Å². The van der Waals surface area contributed by atoms with E-state index in [1.165, 1.54) is 11.6 Å². The summed E-state index contributed by atoms with van der Waals surface area (Å²) >= 11 is 0. The average molecular weight is 306 g/mol. The second-order valence-electron chi connectivity index (χ2n) is 5.22. The zero-order chi connectivity index (χ0) is 16.7. The van der Waals surface area contributed by atoms with Crippen LogP contribution in [0, 0.1) is 0 Å². The van der Waals surface area contributed by atoms with Gasteiger partial charge in [-0.05, 0) is 53.6 Å². The standard InChI is InChI=1S/C19H18N2O2/c1-3-16-10-15(11-17(4-2)19(16)21-13-23)9-14-5-7-18(8-6-14)20-12-22/h5-8,10-11H,3-4,9H2,1-2H3. The Kier molecular flexibility index (Phi) is 5.76. The van der Waals surface area contributed by atoms with Crippen molar-refractivity contribution in [3.63, 3.8) is 0 Å². The summed E-state index contributed by atoms with van der Waals surface area (Å²) in [5, 5.41) is 0. The summed E-state index contributed by atoms with van der Waals surface area (Å²) in [7, 11) is 0. The summed E-state index contributed by atoms with van der Waals surface area (Å²) in [5.74, 6) is 0. The fourth-order valence-corrected chi connectivity index (χ4v) is 2.64. The van der Waals surface area contributed by atoms with Crippen LogP contribution in [-0.4, -0.2) is 12.2 Å². The molecule has 0 bridgehead atoms. The minimum atomic E-state index is 0.600. The topological polar surface area (TPSA) is 58.9 Å². The van der Waals surface area contributed by atoms with Gasteiger partial charge in [-0.3, -0.25) is 0 Å². The zero-order valence-electron chi connectivity index (χ0n) is 13.3. The Morgan fingerprint density at radius 1 is 0.826 bits per heavy atom. The van der Waals surface area contributed by atoms with E-state index in [4.69, 9.17) is 0 Å². The third-order valence-electron chi connectivity index (χ3n) is 3.77. The van der Waals surface area contributed by atoms with Crippen LogP contribution in [0.1, 0.15) is 36.1 Å². The molecule has 0 N–H and O–H groups in total. The molecular formula is C19H18N2O2. The molecule has 23 heavy (non-hydrogen) atoms. The highest BCUT2D eigenvalue weighted by Gasteiger charge is 2.09. The second kappa shape index (κ2) is 8.00. The molecule has 4 heteroatoms. The van der Waals surface area contributed by atoms with Crippen molar-refractivity contribution < 1.29 is 9.59 Å². The first kappa shape index (κ1) is 16.6. The number of hydrogen-bond donors (Lipinski definition) is 0. The predicted molar refractivity (Wildman–Crippen MR) is 90.0 cm³/mol. The molecule has 0 aromatic heterocycles. The zero-order valence-corrected chi connectivity index (χ0v) is 13.3. The van der Waals surface area contributed by atoms with E-state index in [0.29, 0.717) is 5.69 Å². The van der Waals surface area contributed by atoms with Gasteiger partial charge >= 0.3 is 0 Å². The Morgan fingerprint density at radius 3 is 1.87 bits per heavy atom. The van der Waals surface area contributed by atoms with Crippen molar-refractivity contribution >= 4 is 23.5 Å². The molecule has 0 spiro atoms. The monoisotopic (exact) mass is 306 g/mol. The Hall–Kier alpha value is -2.80. The Bertz CT molecular complexity index is 757. The fraction of sp³-hybridized carbons (Fsp3) is 0.263. The molecule has 2 aromatic rings. The number of carbonyl (C=O) groups excluding carboxylic acids is 2. The Balaban J connectivity index is 2.36. The molecule has 0 amide bonds. The summed E-state index contributed by atoms with van der Waals surface area (Å²) in [5.41, 5.74) is 5.78. The van der Waals surface area contributed by atoms with Gasteiger partial charge in [-0.1, -0.05) is 38.1 Å². The summed E-state index contributed by atoms with van der Waals surface area (Å²) in [4.78, 5) is 28.4. The van der Waals surface area contributed by atoms with Crippen molar-refractivity contribution in [2.45, 2.75) is 33.1 Å². The highest BCUT2D eigenvalue weighted by atomic mass is 16.1. The van der Waals surface area contributed by atoms with Gasteiger partial charge in [-0.25, -0.2) is 9.59 Å². The molecule has 0 fully saturated rings. The van der Waals surface area contributed by atoms with Crippen molar-refractivity contribution in [1.29, 1.82) is 0 Å². The van der Waals surface area contributed by atoms with E-state index in [1.54, 1.807) is 18.2 Å². The van der Waals surface area contributed by atoms with Gasteiger partial charge in [0.1, 0.15) is 0 Å². The number of isocyanates is 2. The molecule has 4 nitrogen and oxygen atoms in total. The van der Waals surface area contributed by atoms with E-state index in [2.05, 4.69) is 36.0 Å². The van der Waals surface area contributed by atoms with E-state index >= 15 is 0 Å². The number of aliphatic imine (C=N–C) groups is 2. The Labute approximate surface area is 135 Å². The van der Waals surface area contributed by atoms with Crippen LogP contribution in [0.5, 0.6) is 0 Å². The Morgan fingerprint density at radius 2 is 1.39 bits per heavy atom. The average Bonchev–Trinajstić information content (AvgIpc) is 2.58. The van der Waals surface area contributed by atoms with Crippen molar-refractivity contribution in [3.05, 3.63) is 58.7 Å². The molecule has 0 atom stereocenters. The maximum Gasteiger partial charge on any atom is 0.240 e. The van der Waals surface area contributed by atoms with Crippen molar-refractivity contribution in [2.24, 2.45) is 9.98 Å². The van der Waals surface area contributed by atoms with Gasteiger partial charge in [-0.2, -0.15) is 9.98 Å². The normalized spacial score (nSPS) is 9.83. The number of aryl methyl sites for hydroxylation is 2. The smallest absolute Gasteiger partial charge is 0.211 e. The third kappa shape index (κ3) is 4.10. The van der Waals surface area contributed by atoms with E-state index in [-0.39, 0.29) is 0 Å². The molecule has 0 unspecified atom stereocenters. The van der Waals surface area contributed by atoms with E-state index < -0.39 is 0 Å². The van der Waals surface area contributed by atoms with Crippen LogP contribution in [0.15, 0.2) is 46.4 Å². The lowest BCUT2D eigenvalue weighted by Gasteiger charge is -2.12. The van der Waals surface area contributed by atoms with Gasteiger partial charge in [0.2, 0.25) is 12.2 Å². The van der Waals surface area contributed by atoms with Crippen LogP contribution < -0.4 is 0 Å². The summed E-state index contributed by atoms with van der Waals surface area (Å²) < 4.78 is 0. The first-order valence-electron chi connectivity index (χ1n) is 7.61. The summed E-state index contributed by atoms with van der Waals surface area (Å²) in [6.45, 7) is 4.10. The van der Waals surface area contributed by atoms with E-state index in [0.717, 1.165) is 41.6 Å². The molecule has 116 valence electrons. The summed E-state index contributed by atoms with van der Waals surface area (Å²) in [6, 6.07) is 11.7.